The summed E-state index contributed by atoms with van der Waals surface area (Å²) in [5.41, 5.74) is 0.679. The van der Waals surface area contributed by atoms with E-state index in [1.165, 1.54) is 0 Å². The highest BCUT2D eigenvalue weighted by Crippen LogP contribution is 2.13. The van der Waals surface area contributed by atoms with Crippen LogP contribution in [0.2, 0.25) is 0 Å². The van der Waals surface area contributed by atoms with Gasteiger partial charge in [0.15, 0.2) is 5.82 Å². The molecule has 0 spiro atoms. The van der Waals surface area contributed by atoms with Crippen molar-refractivity contribution in [1.82, 2.24) is 9.55 Å². The topological polar surface area (TPSA) is 56.1 Å². The summed E-state index contributed by atoms with van der Waals surface area (Å²) in [6.45, 7) is 6.51. The highest BCUT2D eigenvalue weighted by molar-refractivity contribution is 5.34. The Bertz CT molecular complexity index is 654. The van der Waals surface area contributed by atoms with Gasteiger partial charge in [0.2, 0.25) is 0 Å². The Morgan fingerprint density at radius 1 is 1.24 bits per heavy atom. The molecule has 1 heterocycles. The lowest BCUT2D eigenvalue weighted by Crippen LogP contribution is -2.35. The Balaban J connectivity index is 2.15. The lowest BCUT2D eigenvalue weighted by Gasteiger charge is -2.22. The summed E-state index contributed by atoms with van der Waals surface area (Å²) < 4.78 is 6.80. The van der Waals surface area contributed by atoms with Gasteiger partial charge in [-0.2, -0.15) is 0 Å². The quantitative estimate of drug-likeness (QED) is 0.939. The molecule has 5 heteroatoms. The van der Waals surface area contributed by atoms with Gasteiger partial charge in [0.05, 0.1) is 7.11 Å². The first-order valence-corrected chi connectivity index (χ1v) is 6.87. The molecule has 0 bridgehead atoms. The maximum absolute atomic E-state index is 12.4. The number of methoxy groups -OCH3 is 1. The highest BCUT2D eigenvalue weighted by Gasteiger charge is 2.16. The Labute approximate surface area is 124 Å². The number of hydrogen-bond donors (Lipinski definition) is 1. The van der Waals surface area contributed by atoms with Crippen molar-refractivity contribution in [2.45, 2.75) is 32.9 Å². The summed E-state index contributed by atoms with van der Waals surface area (Å²) in [7, 11) is 1.64. The Hall–Kier alpha value is -2.30. The highest BCUT2D eigenvalue weighted by atomic mass is 16.5. The molecular formula is C16H21N3O2. The van der Waals surface area contributed by atoms with Crippen molar-refractivity contribution in [1.29, 1.82) is 0 Å². The summed E-state index contributed by atoms with van der Waals surface area (Å²) in [4.78, 5) is 16.5. The lowest BCUT2D eigenvalue weighted by atomic mass is 10.1. The maximum atomic E-state index is 12.4. The number of hydrogen-bond acceptors (Lipinski definition) is 4. The van der Waals surface area contributed by atoms with Crippen LogP contribution in [0.25, 0.3) is 0 Å². The number of aromatic nitrogens is 2. The van der Waals surface area contributed by atoms with Crippen LogP contribution in [0.15, 0.2) is 41.5 Å². The summed E-state index contributed by atoms with van der Waals surface area (Å²) >= 11 is 0. The largest absolute Gasteiger partial charge is 0.497 e. The first kappa shape index (κ1) is 15.1. The molecular weight excluding hydrogens is 266 g/mol. The number of anilines is 1. The fourth-order valence-electron chi connectivity index (χ4n) is 1.99. The summed E-state index contributed by atoms with van der Waals surface area (Å²) in [5, 5.41) is 3.09. The minimum atomic E-state index is -0.267. The number of nitrogens with zero attached hydrogens (tertiary/aromatic N) is 2. The zero-order valence-corrected chi connectivity index (χ0v) is 12.9. The van der Waals surface area contributed by atoms with Gasteiger partial charge < -0.3 is 14.6 Å². The van der Waals surface area contributed by atoms with Crippen LogP contribution in [0.3, 0.4) is 0 Å². The molecule has 1 aromatic heterocycles. The minimum absolute atomic E-state index is 0.112. The first-order valence-electron chi connectivity index (χ1n) is 6.87. The number of rotatable bonds is 4. The van der Waals surface area contributed by atoms with Crippen molar-refractivity contribution in [2.24, 2.45) is 0 Å². The van der Waals surface area contributed by atoms with Crippen LogP contribution in [0.1, 0.15) is 26.3 Å². The summed E-state index contributed by atoms with van der Waals surface area (Å²) in [6, 6.07) is 7.69. The smallest absolute Gasteiger partial charge is 0.293 e. The predicted molar refractivity (Wildman–Crippen MR) is 83.8 cm³/mol. The zero-order chi connectivity index (χ0) is 15.5. The minimum Gasteiger partial charge on any atom is -0.497 e. The normalized spacial score (nSPS) is 11.2. The van der Waals surface area contributed by atoms with E-state index in [1.54, 1.807) is 24.1 Å². The third-order valence-electron chi connectivity index (χ3n) is 3.18. The standard InChI is InChI=1S/C16H21N3O2/c1-16(2,3)19-10-9-17-14(15(19)20)18-11-12-5-7-13(21-4)8-6-12/h5-10H,11H2,1-4H3,(H,17,18). The van der Waals surface area contributed by atoms with Gasteiger partial charge in [-0.05, 0) is 38.5 Å². The molecule has 0 radical (unpaired) electrons. The predicted octanol–water partition coefficient (Wildman–Crippen LogP) is 2.62. The van der Waals surface area contributed by atoms with Crippen LogP contribution in [-0.4, -0.2) is 16.7 Å². The average Bonchev–Trinajstić information content (AvgIpc) is 2.45. The summed E-state index contributed by atoms with van der Waals surface area (Å²) in [5.74, 6) is 1.18. The molecule has 2 aromatic rings. The van der Waals surface area contributed by atoms with Gasteiger partial charge in [-0.1, -0.05) is 12.1 Å². The van der Waals surface area contributed by atoms with Crippen molar-refractivity contribution < 1.29 is 4.74 Å². The van der Waals surface area contributed by atoms with E-state index in [-0.39, 0.29) is 11.1 Å². The molecule has 0 amide bonds. The molecule has 0 aliphatic rings. The van der Waals surface area contributed by atoms with Crippen LogP contribution < -0.4 is 15.6 Å². The van der Waals surface area contributed by atoms with Crippen molar-refractivity contribution in [3.8, 4) is 5.75 Å². The van der Waals surface area contributed by atoms with Gasteiger partial charge in [-0.15, -0.1) is 0 Å². The molecule has 2 rings (SSSR count). The third-order valence-corrected chi connectivity index (χ3v) is 3.18. The van der Waals surface area contributed by atoms with E-state index in [0.29, 0.717) is 12.4 Å². The monoisotopic (exact) mass is 287 g/mol. The van der Waals surface area contributed by atoms with E-state index in [9.17, 15) is 4.79 Å². The Morgan fingerprint density at radius 3 is 2.48 bits per heavy atom. The molecule has 1 N–H and O–H groups in total. The van der Waals surface area contributed by atoms with Crippen molar-refractivity contribution in [3.63, 3.8) is 0 Å². The second kappa shape index (κ2) is 5.99. The molecule has 0 aliphatic carbocycles. The lowest BCUT2D eigenvalue weighted by molar-refractivity contribution is 0.383. The van der Waals surface area contributed by atoms with Crippen molar-refractivity contribution in [2.75, 3.05) is 12.4 Å². The van der Waals surface area contributed by atoms with Crippen LogP contribution in [0.4, 0.5) is 5.82 Å². The number of benzene rings is 1. The van der Waals surface area contributed by atoms with Gasteiger partial charge in [0, 0.05) is 24.5 Å². The Morgan fingerprint density at radius 2 is 1.90 bits per heavy atom. The van der Waals surface area contributed by atoms with E-state index >= 15 is 0 Å². The SMILES string of the molecule is COc1ccc(CNc2nccn(C(C)(C)C)c2=O)cc1. The van der Waals surface area contributed by atoms with Gasteiger partial charge in [-0.3, -0.25) is 4.79 Å². The van der Waals surface area contributed by atoms with Crippen LogP contribution in [0.5, 0.6) is 5.75 Å². The van der Waals surface area contributed by atoms with Gasteiger partial charge in [-0.25, -0.2) is 4.98 Å². The van der Waals surface area contributed by atoms with Gasteiger partial charge in [0.1, 0.15) is 5.75 Å². The van der Waals surface area contributed by atoms with Gasteiger partial charge >= 0.3 is 0 Å². The van der Waals surface area contributed by atoms with E-state index in [2.05, 4.69) is 10.3 Å². The molecule has 0 aliphatic heterocycles. The van der Waals surface area contributed by atoms with E-state index in [4.69, 9.17) is 4.74 Å². The molecule has 0 saturated carbocycles. The molecule has 5 nitrogen and oxygen atoms in total. The average molecular weight is 287 g/mol. The fourth-order valence-corrected chi connectivity index (χ4v) is 1.99. The van der Waals surface area contributed by atoms with Gasteiger partial charge in [0.25, 0.3) is 5.56 Å². The molecule has 0 atom stereocenters. The third kappa shape index (κ3) is 3.62. The van der Waals surface area contributed by atoms with Crippen LogP contribution >= 0.6 is 0 Å². The van der Waals surface area contributed by atoms with E-state index < -0.39 is 0 Å². The molecule has 0 saturated heterocycles. The van der Waals surface area contributed by atoms with E-state index in [1.807, 2.05) is 45.0 Å². The van der Waals surface area contributed by atoms with Crippen molar-refractivity contribution >= 4 is 5.82 Å². The van der Waals surface area contributed by atoms with Crippen molar-refractivity contribution in [3.05, 3.63) is 52.6 Å². The second-order valence-corrected chi connectivity index (χ2v) is 5.82. The second-order valence-electron chi connectivity index (χ2n) is 5.82. The maximum Gasteiger partial charge on any atom is 0.293 e. The number of nitrogens with one attached hydrogen (secondary N) is 1. The van der Waals surface area contributed by atoms with Crippen LogP contribution in [0, 0.1) is 0 Å². The zero-order valence-electron chi connectivity index (χ0n) is 12.9. The molecule has 0 fully saturated rings. The molecule has 112 valence electrons. The van der Waals surface area contributed by atoms with Crippen LogP contribution in [-0.2, 0) is 12.1 Å². The molecule has 1 aromatic carbocycles. The fraction of sp³-hybridized carbons (Fsp3) is 0.375. The molecule has 0 unspecified atom stereocenters. The number of ether oxygens (including phenoxy) is 1. The Kier molecular flexibility index (Phi) is 4.31. The van der Waals surface area contributed by atoms with E-state index in [0.717, 1.165) is 11.3 Å². The molecule has 21 heavy (non-hydrogen) atoms. The first-order chi connectivity index (χ1) is 9.91. The summed E-state index contributed by atoms with van der Waals surface area (Å²) in [6.07, 6.45) is 3.35.